The number of carboxylic acid groups (broad SMARTS) is 2. The highest BCUT2D eigenvalue weighted by Crippen LogP contribution is 2.14. The van der Waals surface area contributed by atoms with Crippen LogP contribution in [0.5, 0.6) is 0 Å². The van der Waals surface area contributed by atoms with Crippen LogP contribution in [0.3, 0.4) is 0 Å². The van der Waals surface area contributed by atoms with Crippen molar-refractivity contribution in [2.75, 3.05) is 19.8 Å². The first-order chi connectivity index (χ1) is 17.9. The number of hydrogen-bond acceptors (Lipinski definition) is 5. The van der Waals surface area contributed by atoms with Crippen LogP contribution in [0.4, 0.5) is 0 Å². The molecule has 0 heterocycles. The maximum atomic E-state index is 12.1. The maximum absolute atomic E-state index is 12.1. The highest BCUT2D eigenvalue weighted by molar-refractivity contribution is 5.84. The van der Waals surface area contributed by atoms with Gasteiger partial charge in [0.2, 0.25) is 11.8 Å². The lowest BCUT2D eigenvalue weighted by Crippen LogP contribution is -2.41. The summed E-state index contributed by atoms with van der Waals surface area (Å²) in [7, 11) is 0. The third kappa shape index (κ3) is 25.3. The van der Waals surface area contributed by atoms with Crippen LogP contribution < -0.4 is 10.6 Å². The lowest BCUT2D eigenvalue weighted by atomic mass is 10.0. The van der Waals surface area contributed by atoms with E-state index in [1.165, 1.54) is 44.9 Å². The molecule has 9 heteroatoms. The molecule has 0 aromatic rings. The van der Waals surface area contributed by atoms with Crippen LogP contribution in [0.15, 0.2) is 0 Å². The van der Waals surface area contributed by atoms with Gasteiger partial charge in [-0.1, -0.05) is 84.0 Å². The Morgan fingerprint density at radius 3 is 1.59 bits per heavy atom. The zero-order valence-corrected chi connectivity index (χ0v) is 23.1. The molecule has 0 unspecified atom stereocenters. The van der Waals surface area contributed by atoms with Gasteiger partial charge in [-0.15, -0.1) is 0 Å². The van der Waals surface area contributed by atoms with Gasteiger partial charge in [-0.2, -0.15) is 0 Å². The first-order valence-corrected chi connectivity index (χ1v) is 14.4. The second kappa shape index (κ2) is 25.5. The van der Waals surface area contributed by atoms with E-state index in [1.54, 1.807) is 0 Å². The van der Waals surface area contributed by atoms with Crippen molar-refractivity contribution in [3.05, 3.63) is 0 Å². The Hall–Kier alpha value is -2.16. The van der Waals surface area contributed by atoms with Crippen molar-refractivity contribution in [2.24, 2.45) is 0 Å². The van der Waals surface area contributed by atoms with Gasteiger partial charge in [0.25, 0.3) is 0 Å². The smallest absolute Gasteiger partial charge is 0.326 e. The standard InChI is InChI=1S/C28H52N2O7/c1-2-22-37-23-21-29-25(31)20-19-24(28(35)36)30-26(32)17-15-13-11-9-7-5-3-4-6-8-10-12-14-16-18-27(33)34/h24H,2-23H2,1H3,(H,29,31)(H,30,32)(H,33,34)(H,35,36)/t24-/m0/s1. The molecule has 1 atom stereocenters. The van der Waals surface area contributed by atoms with Crippen molar-refractivity contribution < 1.29 is 34.1 Å². The van der Waals surface area contributed by atoms with Crippen molar-refractivity contribution >= 4 is 23.8 Å². The zero-order valence-electron chi connectivity index (χ0n) is 23.1. The van der Waals surface area contributed by atoms with Crippen LogP contribution in [0.1, 0.15) is 129 Å². The molecule has 0 fully saturated rings. The van der Waals surface area contributed by atoms with E-state index < -0.39 is 18.0 Å². The van der Waals surface area contributed by atoms with Gasteiger partial charge < -0.3 is 25.6 Å². The van der Waals surface area contributed by atoms with E-state index in [0.29, 0.717) is 26.2 Å². The van der Waals surface area contributed by atoms with Gasteiger partial charge in [-0.3, -0.25) is 14.4 Å². The van der Waals surface area contributed by atoms with Gasteiger partial charge in [0.15, 0.2) is 0 Å². The molecular formula is C28H52N2O7. The molecule has 0 saturated heterocycles. The largest absolute Gasteiger partial charge is 0.481 e. The number of carboxylic acids is 2. The Morgan fingerprint density at radius 1 is 0.649 bits per heavy atom. The summed E-state index contributed by atoms with van der Waals surface area (Å²) in [6.07, 6.45) is 17.1. The molecule has 37 heavy (non-hydrogen) atoms. The molecule has 0 aliphatic carbocycles. The maximum Gasteiger partial charge on any atom is 0.326 e. The molecule has 216 valence electrons. The van der Waals surface area contributed by atoms with E-state index in [4.69, 9.17) is 9.84 Å². The first kappa shape index (κ1) is 34.8. The predicted molar refractivity (Wildman–Crippen MR) is 144 cm³/mol. The molecule has 0 rings (SSSR count). The Balaban J connectivity index is 3.62. The first-order valence-electron chi connectivity index (χ1n) is 14.4. The van der Waals surface area contributed by atoms with E-state index in [-0.39, 0.29) is 31.1 Å². The fraction of sp³-hybridized carbons (Fsp3) is 0.857. The minimum atomic E-state index is -1.12. The summed E-state index contributed by atoms with van der Waals surface area (Å²) in [5.74, 6) is -2.34. The topological polar surface area (TPSA) is 142 Å². The molecule has 0 aromatic carbocycles. The number of ether oxygens (including phenoxy) is 1. The Bertz CT molecular complexity index is 613. The van der Waals surface area contributed by atoms with Gasteiger partial charge >= 0.3 is 11.9 Å². The fourth-order valence-corrected chi connectivity index (χ4v) is 4.08. The average molecular weight is 529 g/mol. The van der Waals surface area contributed by atoms with Crippen LogP contribution >= 0.6 is 0 Å². The number of aliphatic carboxylic acids is 2. The number of rotatable bonds is 27. The zero-order chi connectivity index (χ0) is 27.6. The molecule has 0 radical (unpaired) electrons. The van der Waals surface area contributed by atoms with Crippen molar-refractivity contribution in [3.8, 4) is 0 Å². The Labute approximate surface area is 223 Å². The number of unbranched alkanes of at least 4 members (excludes halogenated alkanes) is 13. The Kier molecular flexibility index (Phi) is 24.0. The normalized spacial score (nSPS) is 11.7. The van der Waals surface area contributed by atoms with E-state index in [2.05, 4.69) is 10.6 Å². The van der Waals surface area contributed by atoms with Crippen LogP contribution in [0.25, 0.3) is 0 Å². The third-order valence-corrected chi connectivity index (χ3v) is 6.25. The number of nitrogens with one attached hydrogen (secondary N) is 2. The lowest BCUT2D eigenvalue weighted by molar-refractivity contribution is -0.142. The molecule has 0 aromatic heterocycles. The van der Waals surface area contributed by atoms with Gasteiger partial charge in [-0.05, 0) is 25.7 Å². The summed E-state index contributed by atoms with van der Waals surface area (Å²) < 4.78 is 5.28. The number of amides is 2. The molecule has 0 saturated carbocycles. The van der Waals surface area contributed by atoms with E-state index >= 15 is 0 Å². The number of hydrogen-bond donors (Lipinski definition) is 4. The van der Waals surface area contributed by atoms with Crippen molar-refractivity contribution in [1.82, 2.24) is 10.6 Å². The SMILES string of the molecule is CCCOCCNC(=O)CC[C@H](NC(=O)CCCCCCCCCCCCCCCCC(=O)O)C(=O)O. The lowest BCUT2D eigenvalue weighted by Gasteiger charge is -2.14. The summed E-state index contributed by atoms with van der Waals surface area (Å²) in [4.78, 5) is 45.8. The average Bonchev–Trinajstić information content (AvgIpc) is 2.85. The van der Waals surface area contributed by atoms with Crippen LogP contribution in [-0.2, 0) is 23.9 Å². The quantitative estimate of drug-likeness (QED) is 0.107. The second-order valence-electron chi connectivity index (χ2n) is 9.80. The Morgan fingerprint density at radius 2 is 1.14 bits per heavy atom. The second-order valence-corrected chi connectivity index (χ2v) is 9.80. The molecular weight excluding hydrogens is 476 g/mol. The van der Waals surface area contributed by atoms with E-state index in [9.17, 15) is 24.3 Å². The molecule has 9 nitrogen and oxygen atoms in total. The highest BCUT2D eigenvalue weighted by atomic mass is 16.5. The van der Waals surface area contributed by atoms with Gasteiger partial charge in [0, 0.05) is 32.4 Å². The monoisotopic (exact) mass is 528 g/mol. The summed E-state index contributed by atoms with van der Waals surface area (Å²) in [5.41, 5.74) is 0. The predicted octanol–water partition coefficient (Wildman–Crippen LogP) is 5.21. The van der Waals surface area contributed by atoms with E-state index in [1.807, 2.05) is 6.92 Å². The van der Waals surface area contributed by atoms with Crippen molar-refractivity contribution in [3.63, 3.8) is 0 Å². The van der Waals surface area contributed by atoms with Crippen molar-refractivity contribution in [1.29, 1.82) is 0 Å². The molecule has 2 amide bonds. The number of carbonyl (C=O) groups is 4. The van der Waals surface area contributed by atoms with Crippen LogP contribution in [0.2, 0.25) is 0 Å². The summed E-state index contributed by atoms with van der Waals surface area (Å²) in [6.45, 7) is 3.47. The molecule has 0 spiro atoms. The summed E-state index contributed by atoms with van der Waals surface area (Å²) in [6, 6.07) is -1.05. The molecule has 4 N–H and O–H groups in total. The molecule has 0 aliphatic rings. The van der Waals surface area contributed by atoms with Gasteiger partial charge in [0.1, 0.15) is 6.04 Å². The summed E-state index contributed by atoms with van der Waals surface area (Å²) >= 11 is 0. The number of carbonyl (C=O) groups excluding carboxylic acids is 2. The van der Waals surface area contributed by atoms with E-state index in [0.717, 1.165) is 51.4 Å². The van der Waals surface area contributed by atoms with Gasteiger partial charge in [-0.25, -0.2) is 4.79 Å². The van der Waals surface area contributed by atoms with Crippen LogP contribution in [-0.4, -0.2) is 59.8 Å². The highest BCUT2D eigenvalue weighted by Gasteiger charge is 2.20. The summed E-state index contributed by atoms with van der Waals surface area (Å²) in [5, 5.41) is 23.2. The van der Waals surface area contributed by atoms with Gasteiger partial charge in [0.05, 0.1) is 6.61 Å². The van der Waals surface area contributed by atoms with Crippen LogP contribution in [0, 0.1) is 0 Å². The molecule has 0 aliphatic heterocycles. The van der Waals surface area contributed by atoms with Crippen molar-refractivity contribution in [2.45, 2.75) is 135 Å². The third-order valence-electron chi connectivity index (χ3n) is 6.25. The minimum absolute atomic E-state index is 0.0413. The fourth-order valence-electron chi connectivity index (χ4n) is 4.08. The minimum Gasteiger partial charge on any atom is -0.481 e. The molecule has 0 bridgehead atoms.